The van der Waals surface area contributed by atoms with E-state index >= 15 is 0 Å². The molecule has 25 heavy (non-hydrogen) atoms. The van der Waals surface area contributed by atoms with Gasteiger partial charge in [0.25, 0.3) is 5.91 Å². The smallest absolute Gasteiger partial charge is 0.272 e. The first-order valence-corrected chi connectivity index (χ1v) is 8.92. The summed E-state index contributed by atoms with van der Waals surface area (Å²) in [5.41, 5.74) is 3.84. The van der Waals surface area contributed by atoms with Crippen molar-refractivity contribution in [3.8, 4) is 11.8 Å². The molecule has 0 aliphatic carbocycles. The lowest BCUT2D eigenvalue weighted by Crippen LogP contribution is -2.55. The minimum Gasteiger partial charge on any atom is -0.273 e. The Bertz CT molecular complexity index is 648. The van der Waals surface area contributed by atoms with Gasteiger partial charge in [0, 0.05) is 24.8 Å². The Morgan fingerprint density at radius 3 is 2.44 bits per heavy atom. The number of rotatable bonds is 5. The summed E-state index contributed by atoms with van der Waals surface area (Å²) in [6.07, 6.45) is 3.70. The van der Waals surface area contributed by atoms with Crippen LogP contribution in [0.25, 0.3) is 0 Å². The van der Waals surface area contributed by atoms with Crippen LogP contribution in [0.3, 0.4) is 0 Å². The summed E-state index contributed by atoms with van der Waals surface area (Å²) in [7, 11) is 0. The van der Waals surface area contributed by atoms with Gasteiger partial charge in [0.15, 0.2) is 0 Å². The highest BCUT2D eigenvalue weighted by atomic mass is 16.2. The van der Waals surface area contributed by atoms with E-state index in [1.807, 2.05) is 45.9 Å². The van der Waals surface area contributed by atoms with E-state index in [0.717, 1.165) is 18.4 Å². The number of hydrogen-bond donors (Lipinski definition) is 1. The molecule has 0 fully saturated rings. The van der Waals surface area contributed by atoms with Crippen LogP contribution in [0.5, 0.6) is 0 Å². The Kier molecular flexibility index (Phi) is 8.21. The summed E-state index contributed by atoms with van der Waals surface area (Å²) in [5, 5.41) is 1.42. The molecule has 2 amide bonds. The molecule has 0 saturated heterocycles. The third kappa shape index (κ3) is 7.43. The van der Waals surface area contributed by atoms with Crippen molar-refractivity contribution in [1.29, 1.82) is 0 Å². The number of benzene rings is 1. The van der Waals surface area contributed by atoms with Crippen LogP contribution in [-0.4, -0.2) is 22.4 Å². The van der Waals surface area contributed by atoms with Crippen molar-refractivity contribution in [2.45, 2.75) is 72.3 Å². The molecule has 0 saturated carbocycles. The Hall–Kier alpha value is -2.28. The van der Waals surface area contributed by atoms with Crippen LogP contribution in [0.4, 0.5) is 0 Å². The highest BCUT2D eigenvalue weighted by molar-refractivity contribution is 5.96. The van der Waals surface area contributed by atoms with E-state index in [9.17, 15) is 9.59 Å². The minimum absolute atomic E-state index is 0.159. The molecule has 0 radical (unpaired) electrons. The molecule has 0 spiro atoms. The average molecular weight is 342 g/mol. The maximum atomic E-state index is 12.8. The number of hydrogen-bond acceptors (Lipinski definition) is 2. The number of unbranched alkanes of at least 4 members (excludes halogenated alkanes) is 2. The number of nitrogens with zero attached hydrogens (tertiary/aromatic N) is 1. The predicted molar refractivity (Wildman–Crippen MR) is 102 cm³/mol. The van der Waals surface area contributed by atoms with Crippen LogP contribution in [0, 0.1) is 18.8 Å². The summed E-state index contributed by atoms with van der Waals surface area (Å²) in [4.78, 5) is 25.1. The van der Waals surface area contributed by atoms with E-state index in [1.165, 1.54) is 5.01 Å². The quantitative estimate of drug-likeness (QED) is 0.494. The van der Waals surface area contributed by atoms with Gasteiger partial charge in [-0.25, -0.2) is 5.01 Å². The number of nitrogens with one attached hydrogen (secondary N) is 1. The fourth-order valence-corrected chi connectivity index (χ4v) is 2.25. The van der Waals surface area contributed by atoms with Crippen molar-refractivity contribution in [2.75, 3.05) is 0 Å². The second kappa shape index (κ2) is 9.88. The summed E-state index contributed by atoms with van der Waals surface area (Å²) in [6.45, 7) is 9.73. The fourth-order valence-electron chi connectivity index (χ4n) is 2.25. The Balaban J connectivity index is 2.70. The molecule has 0 heterocycles. The lowest BCUT2D eigenvalue weighted by molar-refractivity contribution is -0.126. The third-order valence-electron chi connectivity index (χ3n) is 3.58. The molecule has 4 nitrogen and oxygen atoms in total. The van der Waals surface area contributed by atoms with Gasteiger partial charge in [-0.05, 0) is 52.7 Å². The number of hydrazine groups is 1. The van der Waals surface area contributed by atoms with E-state index < -0.39 is 5.54 Å². The van der Waals surface area contributed by atoms with Crippen LogP contribution < -0.4 is 5.43 Å². The van der Waals surface area contributed by atoms with Crippen molar-refractivity contribution in [2.24, 2.45) is 0 Å². The van der Waals surface area contributed by atoms with Crippen molar-refractivity contribution >= 4 is 11.8 Å². The van der Waals surface area contributed by atoms with E-state index in [2.05, 4.69) is 24.2 Å². The van der Waals surface area contributed by atoms with Crippen LogP contribution >= 0.6 is 0 Å². The molecule has 0 aromatic heterocycles. The minimum atomic E-state index is -0.516. The van der Waals surface area contributed by atoms with Crippen molar-refractivity contribution in [3.05, 3.63) is 35.4 Å². The summed E-state index contributed by atoms with van der Waals surface area (Å²) < 4.78 is 0. The molecule has 1 aromatic carbocycles. The topological polar surface area (TPSA) is 49.4 Å². The lowest BCUT2D eigenvalue weighted by atomic mass is 10.1. The molecule has 0 atom stereocenters. The first kappa shape index (κ1) is 20.8. The maximum absolute atomic E-state index is 12.8. The number of carbonyl (C=O) groups excluding carboxylic acids is 2. The molecular weight excluding hydrogens is 312 g/mol. The van der Waals surface area contributed by atoms with Gasteiger partial charge >= 0.3 is 0 Å². The van der Waals surface area contributed by atoms with Crippen molar-refractivity contribution in [1.82, 2.24) is 10.4 Å². The Morgan fingerprint density at radius 1 is 1.16 bits per heavy atom. The molecule has 136 valence electrons. The van der Waals surface area contributed by atoms with Crippen molar-refractivity contribution in [3.63, 3.8) is 0 Å². The van der Waals surface area contributed by atoms with Crippen LogP contribution in [0.1, 0.15) is 75.7 Å². The van der Waals surface area contributed by atoms with Crippen molar-refractivity contribution < 1.29 is 9.59 Å². The first-order valence-electron chi connectivity index (χ1n) is 8.92. The van der Waals surface area contributed by atoms with Gasteiger partial charge in [-0.1, -0.05) is 24.6 Å². The highest BCUT2D eigenvalue weighted by Gasteiger charge is 2.29. The Morgan fingerprint density at radius 2 is 1.84 bits per heavy atom. The number of carbonyl (C=O) groups is 2. The molecule has 1 N–H and O–H groups in total. The third-order valence-corrected chi connectivity index (χ3v) is 3.58. The van der Waals surface area contributed by atoms with Gasteiger partial charge in [-0.3, -0.25) is 15.0 Å². The van der Waals surface area contributed by atoms with Gasteiger partial charge in [0.05, 0.1) is 5.54 Å². The standard InChI is InChI=1S/C21H30N2O2/c1-6-7-8-9-10-11-15-19(24)22-23(21(3,4)5)20(25)18-14-12-13-17(2)16-18/h12-14,16H,6-7,10-11,15H2,1-5H3,(H,22,24). The zero-order chi connectivity index (χ0) is 18.9. The molecule has 0 aliphatic heterocycles. The highest BCUT2D eigenvalue weighted by Crippen LogP contribution is 2.16. The van der Waals surface area contributed by atoms with Gasteiger partial charge in [-0.2, -0.15) is 0 Å². The summed E-state index contributed by atoms with van der Waals surface area (Å²) in [5.74, 6) is 5.78. The van der Waals surface area contributed by atoms with Crippen LogP contribution in [0.2, 0.25) is 0 Å². The SMILES string of the molecule is CCCC#CCCCC(=O)NN(C(=O)c1cccc(C)c1)C(C)(C)C. The predicted octanol–water partition coefficient (Wildman–Crippen LogP) is 4.24. The van der Waals surface area contributed by atoms with Gasteiger partial charge < -0.3 is 0 Å². The van der Waals surface area contributed by atoms with Gasteiger partial charge in [0.1, 0.15) is 0 Å². The summed E-state index contributed by atoms with van der Waals surface area (Å²) >= 11 is 0. The molecule has 0 aliphatic rings. The van der Waals surface area contributed by atoms with Gasteiger partial charge in [-0.15, -0.1) is 11.8 Å². The van der Waals surface area contributed by atoms with E-state index in [0.29, 0.717) is 24.8 Å². The molecule has 1 aromatic rings. The average Bonchev–Trinajstić information content (AvgIpc) is 2.54. The first-order chi connectivity index (χ1) is 11.8. The lowest BCUT2D eigenvalue weighted by Gasteiger charge is -2.35. The summed E-state index contributed by atoms with van der Waals surface area (Å²) in [6, 6.07) is 7.39. The van der Waals surface area contributed by atoms with E-state index in [1.54, 1.807) is 6.07 Å². The monoisotopic (exact) mass is 342 g/mol. The number of amides is 2. The van der Waals surface area contributed by atoms with E-state index in [4.69, 9.17) is 0 Å². The zero-order valence-corrected chi connectivity index (χ0v) is 16.1. The molecular formula is C21H30N2O2. The molecule has 0 bridgehead atoms. The second-order valence-electron chi connectivity index (χ2n) is 7.17. The maximum Gasteiger partial charge on any atom is 0.272 e. The van der Waals surface area contributed by atoms with Crippen LogP contribution in [0.15, 0.2) is 24.3 Å². The molecule has 4 heteroatoms. The second-order valence-corrected chi connectivity index (χ2v) is 7.17. The van der Waals surface area contributed by atoms with Gasteiger partial charge in [0.2, 0.25) is 5.91 Å². The fraction of sp³-hybridized carbons (Fsp3) is 0.524. The zero-order valence-electron chi connectivity index (χ0n) is 16.1. The van der Waals surface area contributed by atoms with E-state index in [-0.39, 0.29) is 11.8 Å². The normalized spacial score (nSPS) is 10.6. The molecule has 1 rings (SSSR count). The molecule has 0 unspecified atom stereocenters. The Labute approximate surface area is 152 Å². The van der Waals surface area contributed by atoms with Crippen LogP contribution in [-0.2, 0) is 4.79 Å². The number of aryl methyl sites for hydroxylation is 1. The largest absolute Gasteiger partial charge is 0.273 e.